The maximum atomic E-state index is 11.4. The third-order valence-corrected chi connectivity index (χ3v) is 2.56. The molecule has 6 heteroatoms. The number of ketones is 1. The van der Waals surface area contributed by atoms with Crippen molar-refractivity contribution < 1.29 is 14.5 Å². The van der Waals surface area contributed by atoms with Crippen molar-refractivity contribution in [2.24, 2.45) is 7.05 Å². The van der Waals surface area contributed by atoms with Crippen LogP contribution in [0, 0.1) is 10.1 Å². The van der Waals surface area contributed by atoms with Crippen LogP contribution in [0.4, 0.5) is 5.69 Å². The number of carbonyl (C=O) groups is 2. The number of non-ortho nitro benzene ring substituents is 1. The summed E-state index contributed by atoms with van der Waals surface area (Å²) in [5.74, 6) is -0.684. The van der Waals surface area contributed by atoms with Crippen molar-refractivity contribution in [1.82, 2.24) is 4.57 Å². The van der Waals surface area contributed by atoms with Crippen molar-refractivity contribution >= 4 is 28.7 Å². The number of Topliss-reactive ketones (excluding diaryl/α,β-unsaturated/α-hetero) is 1. The van der Waals surface area contributed by atoms with Crippen molar-refractivity contribution in [2.75, 3.05) is 0 Å². The molecular weight excluding hydrogens is 224 g/mol. The Morgan fingerprint density at radius 2 is 2.18 bits per heavy atom. The van der Waals surface area contributed by atoms with Gasteiger partial charge in [0, 0.05) is 36.3 Å². The highest BCUT2D eigenvalue weighted by Gasteiger charge is 2.16. The molecule has 2 aromatic rings. The van der Waals surface area contributed by atoms with E-state index in [0.717, 1.165) is 0 Å². The molecule has 0 bridgehead atoms. The lowest BCUT2D eigenvalue weighted by atomic mass is 10.1. The molecule has 0 amide bonds. The number of nitrogens with zero attached hydrogens (tertiary/aromatic N) is 2. The summed E-state index contributed by atoms with van der Waals surface area (Å²) in [6.45, 7) is 0. The fraction of sp³-hybridized carbons (Fsp3) is 0.0909. The number of nitro groups is 1. The molecule has 86 valence electrons. The predicted molar refractivity (Wildman–Crippen MR) is 60.0 cm³/mol. The first-order valence-electron chi connectivity index (χ1n) is 4.77. The number of aromatic nitrogens is 1. The van der Waals surface area contributed by atoms with E-state index in [4.69, 9.17) is 0 Å². The normalized spacial score (nSPS) is 10.4. The monoisotopic (exact) mass is 232 g/mol. The van der Waals surface area contributed by atoms with Gasteiger partial charge in [0.15, 0.2) is 6.29 Å². The molecule has 0 atom stereocenters. The van der Waals surface area contributed by atoms with Crippen LogP contribution in [0.15, 0.2) is 24.4 Å². The van der Waals surface area contributed by atoms with Crippen LogP contribution >= 0.6 is 0 Å². The first-order chi connectivity index (χ1) is 8.04. The van der Waals surface area contributed by atoms with E-state index in [9.17, 15) is 19.7 Å². The zero-order valence-corrected chi connectivity index (χ0v) is 8.91. The second kappa shape index (κ2) is 3.82. The van der Waals surface area contributed by atoms with Gasteiger partial charge in [-0.2, -0.15) is 0 Å². The van der Waals surface area contributed by atoms with Crippen molar-refractivity contribution in [1.29, 1.82) is 0 Å². The second-order valence-electron chi connectivity index (χ2n) is 3.59. The van der Waals surface area contributed by atoms with E-state index < -0.39 is 10.7 Å². The zero-order chi connectivity index (χ0) is 12.6. The topological polar surface area (TPSA) is 82.2 Å². The summed E-state index contributed by atoms with van der Waals surface area (Å²) < 4.78 is 1.65. The van der Waals surface area contributed by atoms with Gasteiger partial charge in [-0.1, -0.05) is 0 Å². The van der Waals surface area contributed by atoms with E-state index in [1.165, 1.54) is 18.3 Å². The third-order valence-electron chi connectivity index (χ3n) is 2.56. The largest absolute Gasteiger partial charge is 0.350 e. The average Bonchev–Trinajstić information content (AvgIpc) is 2.65. The molecule has 0 saturated heterocycles. The Hall–Kier alpha value is -2.50. The maximum absolute atomic E-state index is 11.4. The van der Waals surface area contributed by atoms with Gasteiger partial charge in [0.25, 0.3) is 5.69 Å². The van der Waals surface area contributed by atoms with Crippen LogP contribution in [0.1, 0.15) is 10.4 Å². The summed E-state index contributed by atoms with van der Waals surface area (Å²) in [6.07, 6.45) is 1.69. The Bertz CT molecular complexity index is 642. The SMILES string of the molecule is Cn1cc(C(=O)C=O)c2cc([N+](=O)[O-])ccc21. The Labute approximate surface area is 95.6 Å². The fourth-order valence-corrected chi connectivity index (χ4v) is 1.75. The smallest absolute Gasteiger partial charge is 0.270 e. The molecule has 2 rings (SSSR count). The Morgan fingerprint density at radius 3 is 2.76 bits per heavy atom. The Balaban J connectivity index is 2.77. The number of fused-ring (bicyclic) bond motifs is 1. The van der Waals surface area contributed by atoms with Gasteiger partial charge < -0.3 is 4.57 Å². The maximum Gasteiger partial charge on any atom is 0.270 e. The summed E-state index contributed by atoms with van der Waals surface area (Å²) >= 11 is 0. The van der Waals surface area contributed by atoms with E-state index in [1.54, 1.807) is 17.7 Å². The molecule has 0 aliphatic carbocycles. The van der Waals surface area contributed by atoms with Crippen LogP contribution in [-0.2, 0) is 11.8 Å². The molecule has 1 aromatic carbocycles. The molecule has 0 saturated carbocycles. The van der Waals surface area contributed by atoms with Gasteiger partial charge in [-0.3, -0.25) is 19.7 Å². The first-order valence-corrected chi connectivity index (χ1v) is 4.77. The molecule has 0 fully saturated rings. The van der Waals surface area contributed by atoms with Gasteiger partial charge >= 0.3 is 0 Å². The third kappa shape index (κ3) is 1.69. The lowest BCUT2D eigenvalue weighted by Crippen LogP contribution is -1.98. The average molecular weight is 232 g/mol. The highest BCUT2D eigenvalue weighted by atomic mass is 16.6. The second-order valence-corrected chi connectivity index (χ2v) is 3.59. The minimum Gasteiger partial charge on any atom is -0.350 e. The number of rotatable bonds is 3. The number of aldehydes is 1. The predicted octanol–water partition coefficient (Wildman–Crippen LogP) is 1.47. The van der Waals surface area contributed by atoms with Crippen LogP contribution < -0.4 is 0 Å². The van der Waals surface area contributed by atoms with Gasteiger partial charge in [0.05, 0.1) is 10.5 Å². The van der Waals surface area contributed by atoms with Crippen LogP contribution in [0.2, 0.25) is 0 Å². The van der Waals surface area contributed by atoms with Crippen LogP contribution in [0.25, 0.3) is 10.9 Å². The van der Waals surface area contributed by atoms with E-state index in [0.29, 0.717) is 10.9 Å². The minimum atomic E-state index is -0.684. The molecule has 0 N–H and O–H groups in total. The van der Waals surface area contributed by atoms with Crippen molar-refractivity contribution in [3.05, 3.63) is 40.1 Å². The van der Waals surface area contributed by atoms with E-state index in [1.807, 2.05) is 0 Å². The number of hydrogen-bond acceptors (Lipinski definition) is 4. The summed E-state index contributed by atoms with van der Waals surface area (Å²) in [4.78, 5) is 32.0. The summed E-state index contributed by atoms with van der Waals surface area (Å²) in [7, 11) is 1.70. The molecule has 1 aromatic heterocycles. The van der Waals surface area contributed by atoms with Crippen molar-refractivity contribution in [2.45, 2.75) is 0 Å². The molecule has 0 spiro atoms. The number of nitro benzene ring substituents is 1. The zero-order valence-electron chi connectivity index (χ0n) is 8.91. The lowest BCUT2D eigenvalue weighted by molar-refractivity contribution is -0.384. The standard InChI is InChI=1S/C11H8N2O4/c1-12-5-9(11(15)6-14)8-4-7(13(16)17)2-3-10(8)12/h2-6H,1H3. The first kappa shape index (κ1) is 11.0. The Kier molecular flexibility index (Phi) is 2.47. The quantitative estimate of drug-likeness (QED) is 0.264. The van der Waals surface area contributed by atoms with E-state index in [2.05, 4.69) is 0 Å². The van der Waals surface area contributed by atoms with Crippen LogP contribution in [0.3, 0.4) is 0 Å². The highest BCUT2D eigenvalue weighted by Crippen LogP contribution is 2.25. The minimum absolute atomic E-state index is 0.108. The molecule has 0 aliphatic heterocycles. The molecule has 0 unspecified atom stereocenters. The molecule has 0 aliphatic rings. The number of carbonyl (C=O) groups excluding carboxylic acids is 2. The van der Waals surface area contributed by atoms with Crippen molar-refractivity contribution in [3.63, 3.8) is 0 Å². The van der Waals surface area contributed by atoms with Crippen LogP contribution in [-0.4, -0.2) is 21.6 Å². The molecule has 0 radical (unpaired) electrons. The van der Waals surface area contributed by atoms with Crippen LogP contribution in [0.5, 0.6) is 0 Å². The molecular formula is C11H8N2O4. The number of hydrogen-bond donors (Lipinski definition) is 0. The summed E-state index contributed by atoms with van der Waals surface area (Å²) in [5, 5.41) is 11.1. The van der Waals surface area contributed by atoms with E-state index in [-0.39, 0.29) is 17.5 Å². The van der Waals surface area contributed by atoms with E-state index >= 15 is 0 Å². The molecule has 17 heavy (non-hydrogen) atoms. The highest BCUT2D eigenvalue weighted by molar-refractivity contribution is 6.36. The van der Waals surface area contributed by atoms with Gasteiger partial charge in [-0.15, -0.1) is 0 Å². The lowest BCUT2D eigenvalue weighted by Gasteiger charge is -1.95. The molecule has 1 heterocycles. The summed E-state index contributed by atoms with van der Waals surface area (Å²) in [5.41, 5.74) is 0.741. The van der Waals surface area contributed by atoms with Crippen molar-refractivity contribution in [3.8, 4) is 0 Å². The number of aryl methyl sites for hydroxylation is 1. The van der Waals surface area contributed by atoms with Gasteiger partial charge in [-0.25, -0.2) is 0 Å². The number of benzene rings is 1. The molecule has 6 nitrogen and oxygen atoms in total. The van der Waals surface area contributed by atoms with Gasteiger partial charge in [0.2, 0.25) is 5.78 Å². The van der Waals surface area contributed by atoms with Gasteiger partial charge in [-0.05, 0) is 6.07 Å². The Morgan fingerprint density at radius 1 is 1.47 bits per heavy atom. The van der Waals surface area contributed by atoms with Gasteiger partial charge in [0.1, 0.15) is 0 Å². The fourth-order valence-electron chi connectivity index (χ4n) is 1.75. The summed E-state index contributed by atoms with van der Waals surface area (Å²) in [6, 6.07) is 4.21.